The number of carbonyl (C=O) groups is 2. The monoisotopic (exact) mass is 585 g/mol. The highest BCUT2D eigenvalue weighted by atomic mass is 19.1. The minimum atomic E-state index is -0.737. The number of anilines is 4. The minimum Gasteiger partial charge on any atom is -0.494 e. The first-order chi connectivity index (χ1) is 19.9. The van der Waals surface area contributed by atoms with Crippen LogP contribution in [0.15, 0.2) is 31.0 Å². The van der Waals surface area contributed by atoms with E-state index in [1.54, 1.807) is 26.8 Å². The third-order valence-corrected chi connectivity index (χ3v) is 7.03. The summed E-state index contributed by atoms with van der Waals surface area (Å²) in [6.45, 7) is 11.0. The quantitative estimate of drug-likeness (QED) is 0.418. The molecule has 2 aliphatic heterocycles. The zero-order valence-corrected chi connectivity index (χ0v) is 25.1. The number of nitrogens with one attached hydrogen (secondary N) is 2. The van der Waals surface area contributed by atoms with Gasteiger partial charge in [0.1, 0.15) is 17.5 Å². The molecule has 1 aromatic heterocycles. The number of halogens is 1. The van der Waals surface area contributed by atoms with Crippen molar-refractivity contribution in [3.63, 3.8) is 0 Å². The number of likely N-dealkylation sites (tertiary alicyclic amines) is 1. The highest BCUT2D eigenvalue weighted by Crippen LogP contribution is 2.39. The SMILES string of the molecule is C=CC(=O)Nc1cc(Nc2ncc(F)c(OC3CN(C(=O)OC(C)(C)C)C3)n2)c(OC)cc1N1CCC(N(C)C)CC1. The molecule has 2 N–H and O–H groups in total. The van der Waals surface area contributed by atoms with E-state index in [0.29, 0.717) is 23.2 Å². The van der Waals surface area contributed by atoms with Crippen molar-refractivity contribution in [1.29, 1.82) is 0 Å². The third-order valence-electron chi connectivity index (χ3n) is 7.03. The summed E-state index contributed by atoms with van der Waals surface area (Å²) < 4.78 is 31.3. The Kier molecular flexibility index (Phi) is 9.40. The number of rotatable bonds is 9. The molecule has 2 aromatic rings. The van der Waals surface area contributed by atoms with Gasteiger partial charge in [-0.2, -0.15) is 9.37 Å². The largest absolute Gasteiger partial charge is 0.494 e. The molecule has 2 fully saturated rings. The summed E-state index contributed by atoms with van der Waals surface area (Å²) in [5.74, 6) is -0.794. The number of piperidine rings is 1. The molecule has 0 radical (unpaired) electrons. The van der Waals surface area contributed by atoms with Crippen molar-refractivity contribution in [1.82, 2.24) is 19.8 Å². The van der Waals surface area contributed by atoms with Gasteiger partial charge in [-0.15, -0.1) is 0 Å². The van der Waals surface area contributed by atoms with Crippen LogP contribution in [-0.4, -0.2) is 96.9 Å². The predicted molar refractivity (Wildman–Crippen MR) is 158 cm³/mol. The Morgan fingerprint density at radius 2 is 1.86 bits per heavy atom. The van der Waals surface area contributed by atoms with Crippen molar-refractivity contribution in [3.8, 4) is 11.6 Å². The summed E-state index contributed by atoms with van der Waals surface area (Å²) in [6.07, 6.45) is 3.27. The Morgan fingerprint density at radius 3 is 2.45 bits per heavy atom. The third kappa shape index (κ3) is 7.58. The second-order valence-corrected chi connectivity index (χ2v) is 11.5. The summed E-state index contributed by atoms with van der Waals surface area (Å²) in [5.41, 5.74) is 1.22. The zero-order valence-electron chi connectivity index (χ0n) is 25.1. The molecule has 0 atom stereocenters. The Bertz CT molecular complexity index is 1300. The van der Waals surface area contributed by atoms with Gasteiger partial charge in [0.05, 0.1) is 43.5 Å². The van der Waals surface area contributed by atoms with E-state index >= 15 is 0 Å². The van der Waals surface area contributed by atoms with E-state index in [9.17, 15) is 14.0 Å². The number of hydrogen-bond acceptors (Lipinski definition) is 10. The molecule has 0 spiro atoms. The van der Waals surface area contributed by atoms with Crippen LogP contribution in [0.2, 0.25) is 0 Å². The highest BCUT2D eigenvalue weighted by Gasteiger charge is 2.36. The fourth-order valence-electron chi connectivity index (χ4n) is 4.77. The van der Waals surface area contributed by atoms with E-state index in [4.69, 9.17) is 14.2 Å². The van der Waals surface area contributed by atoms with Crippen LogP contribution in [0.4, 0.5) is 32.2 Å². The van der Waals surface area contributed by atoms with Gasteiger partial charge in [-0.3, -0.25) is 4.79 Å². The number of ether oxygens (including phenoxy) is 3. The number of benzene rings is 1. The maximum absolute atomic E-state index is 14.6. The number of hydrogen-bond donors (Lipinski definition) is 2. The van der Waals surface area contributed by atoms with Crippen molar-refractivity contribution in [2.24, 2.45) is 0 Å². The van der Waals surface area contributed by atoms with Gasteiger partial charge in [-0.05, 0) is 59.9 Å². The zero-order chi connectivity index (χ0) is 30.6. The van der Waals surface area contributed by atoms with Crippen molar-refractivity contribution in [2.45, 2.75) is 51.4 Å². The Morgan fingerprint density at radius 1 is 1.17 bits per heavy atom. The summed E-state index contributed by atoms with van der Waals surface area (Å²) in [7, 11) is 5.70. The topological polar surface area (TPSA) is 121 Å². The molecule has 1 aromatic carbocycles. The molecule has 13 heteroatoms. The van der Waals surface area contributed by atoms with Crippen LogP contribution in [0.25, 0.3) is 0 Å². The summed E-state index contributed by atoms with van der Waals surface area (Å²) in [6, 6.07) is 4.06. The van der Waals surface area contributed by atoms with Crippen molar-refractivity contribution in [3.05, 3.63) is 36.8 Å². The fourth-order valence-corrected chi connectivity index (χ4v) is 4.77. The summed E-state index contributed by atoms with van der Waals surface area (Å²) in [4.78, 5) is 38.7. The predicted octanol–water partition coefficient (Wildman–Crippen LogP) is 4.02. The Labute approximate surface area is 245 Å². The Hall–Kier alpha value is -4.13. The van der Waals surface area contributed by atoms with Crippen LogP contribution in [-0.2, 0) is 9.53 Å². The fraction of sp³-hybridized carbons (Fsp3) is 0.517. The second-order valence-electron chi connectivity index (χ2n) is 11.5. The maximum Gasteiger partial charge on any atom is 0.410 e. The first-order valence-electron chi connectivity index (χ1n) is 13.9. The average molecular weight is 586 g/mol. The van der Waals surface area contributed by atoms with E-state index in [1.807, 2.05) is 6.07 Å². The molecule has 0 bridgehead atoms. The van der Waals surface area contributed by atoms with Crippen molar-refractivity contribution >= 4 is 35.0 Å². The normalized spacial score (nSPS) is 16.1. The molecule has 228 valence electrons. The van der Waals surface area contributed by atoms with E-state index in [-0.39, 0.29) is 30.8 Å². The molecule has 2 aliphatic rings. The van der Waals surface area contributed by atoms with Gasteiger partial charge in [-0.25, -0.2) is 9.78 Å². The van der Waals surface area contributed by atoms with Crippen LogP contribution in [0.5, 0.6) is 11.6 Å². The maximum atomic E-state index is 14.6. The summed E-state index contributed by atoms with van der Waals surface area (Å²) >= 11 is 0. The van der Waals surface area contributed by atoms with E-state index in [0.717, 1.165) is 37.8 Å². The number of aromatic nitrogens is 2. The van der Waals surface area contributed by atoms with Crippen molar-refractivity contribution < 1.29 is 28.2 Å². The molecule has 42 heavy (non-hydrogen) atoms. The van der Waals surface area contributed by atoms with E-state index < -0.39 is 23.6 Å². The minimum absolute atomic E-state index is 0.0635. The van der Waals surface area contributed by atoms with Crippen LogP contribution in [0.3, 0.4) is 0 Å². The molecule has 4 rings (SSSR count). The smallest absolute Gasteiger partial charge is 0.410 e. The number of carbonyl (C=O) groups excluding carboxylic acids is 2. The molecule has 0 unspecified atom stereocenters. The van der Waals surface area contributed by atoms with Gasteiger partial charge in [0.2, 0.25) is 17.7 Å². The lowest BCUT2D eigenvalue weighted by Gasteiger charge is -2.39. The van der Waals surface area contributed by atoms with Gasteiger partial charge in [0.25, 0.3) is 5.88 Å². The lowest BCUT2D eigenvalue weighted by molar-refractivity contribution is -0.111. The molecule has 2 saturated heterocycles. The number of methoxy groups -OCH3 is 1. The lowest BCUT2D eigenvalue weighted by Crippen LogP contribution is -2.57. The molecule has 3 heterocycles. The van der Waals surface area contributed by atoms with Crippen LogP contribution in [0.1, 0.15) is 33.6 Å². The molecular weight excluding hydrogens is 545 g/mol. The van der Waals surface area contributed by atoms with Gasteiger partial charge in [0, 0.05) is 25.2 Å². The standard InChI is InChI=1S/C29H40FN7O5/c1-8-25(38)32-21-13-22(24(40-7)14-23(21)36-11-9-18(10-12-36)35(5)6)33-27-31-15-20(30)26(34-27)41-19-16-37(17-19)28(39)42-29(2,3)4/h8,13-15,18-19H,1,9-12,16-17H2,2-7H3,(H,32,38)(H,31,33,34). The highest BCUT2D eigenvalue weighted by molar-refractivity contribution is 6.02. The van der Waals surface area contributed by atoms with Gasteiger partial charge >= 0.3 is 6.09 Å². The van der Waals surface area contributed by atoms with Crippen LogP contribution < -0.4 is 25.0 Å². The van der Waals surface area contributed by atoms with E-state index in [2.05, 4.69) is 51.1 Å². The molecule has 12 nitrogen and oxygen atoms in total. The average Bonchev–Trinajstić information content (AvgIpc) is 2.91. The summed E-state index contributed by atoms with van der Waals surface area (Å²) in [5, 5.41) is 5.94. The number of nitrogens with zero attached hydrogens (tertiary/aromatic N) is 5. The molecular formula is C29H40FN7O5. The lowest BCUT2D eigenvalue weighted by atomic mass is 10.0. The molecule has 0 aliphatic carbocycles. The van der Waals surface area contributed by atoms with Crippen molar-refractivity contribution in [2.75, 3.05) is 62.9 Å². The Balaban J connectivity index is 1.51. The van der Waals surface area contributed by atoms with Crippen LogP contribution >= 0.6 is 0 Å². The van der Waals surface area contributed by atoms with Crippen LogP contribution in [0, 0.1) is 5.82 Å². The van der Waals surface area contributed by atoms with Gasteiger partial charge in [0.15, 0.2) is 0 Å². The first-order valence-corrected chi connectivity index (χ1v) is 13.9. The molecule has 0 saturated carbocycles. The number of amides is 2. The first kappa shape index (κ1) is 30.8. The van der Waals surface area contributed by atoms with Gasteiger partial charge < -0.3 is 39.5 Å². The molecule has 2 amide bonds. The van der Waals surface area contributed by atoms with E-state index in [1.165, 1.54) is 18.1 Å². The van der Waals surface area contributed by atoms with Gasteiger partial charge in [-0.1, -0.05) is 6.58 Å². The second kappa shape index (κ2) is 12.8.